The van der Waals surface area contributed by atoms with Crippen LogP contribution < -0.4 is 0 Å². The average Bonchev–Trinajstić information content (AvgIpc) is 2.82. The van der Waals surface area contributed by atoms with Crippen LogP contribution in [-0.4, -0.2) is 41.4 Å². The van der Waals surface area contributed by atoms with Gasteiger partial charge in [0.05, 0.1) is 13.0 Å². The highest BCUT2D eigenvalue weighted by Gasteiger charge is 2.52. The molecule has 2 N–H and O–H groups in total. The van der Waals surface area contributed by atoms with Gasteiger partial charge in [-0.25, -0.2) is 0 Å². The van der Waals surface area contributed by atoms with Gasteiger partial charge in [0.15, 0.2) is 0 Å². The predicted molar refractivity (Wildman–Crippen MR) is 146 cm³/mol. The molecule has 212 valence electrons. The second kappa shape index (κ2) is 21.7. The third kappa shape index (κ3) is 16.4. The third-order valence-electron chi connectivity index (χ3n) is 6.72. The number of hydrogen-bond donors (Lipinski definition) is 2. The number of carboxylic acids is 1. The van der Waals surface area contributed by atoms with E-state index in [1.54, 1.807) is 6.92 Å². The first kappa shape index (κ1) is 34.6. The number of aliphatic carboxylic acids is 1. The molecule has 0 rings (SSSR count). The summed E-state index contributed by atoms with van der Waals surface area (Å²) in [6.45, 7) is 3.87. The van der Waals surface area contributed by atoms with Gasteiger partial charge in [0.2, 0.25) is 4.75 Å². The molecule has 0 bridgehead atoms. The zero-order valence-corrected chi connectivity index (χ0v) is 23.7. The Bertz CT molecular complexity index is 703. The van der Waals surface area contributed by atoms with E-state index in [0.29, 0.717) is 6.42 Å². The maximum atomic E-state index is 12.5. The fourth-order valence-corrected chi connectivity index (χ4v) is 5.26. The van der Waals surface area contributed by atoms with Crippen molar-refractivity contribution in [1.82, 2.24) is 0 Å². The van der Waals surface area contributed by atoms with Crippen LogP contribution in [0.4, 0.5) is 0 Å². The number of carboxylic acid groups (broad SMARTS) is 1. The lowest BCUT2D eigenvalue weighted by Crippen LogP contribution is -2.48. The Morgan fingerprint density at radius 1 is 0.750 bits per heavy atom. The molecule has 0 aliphatic carbocycles. The Labute approximate surface area is 220 Å². The van der Waals surface area contributed by atoms with Crippen molar-refractivity contribution in [2.45, 2.75) is 147 Å². The number of esters is 1. The molecule has 0 aliphatic heterocycles. The summed E-state index contributed by atoms with van der Waals surface area (Å²) in [5, 5.41) is 9.09. The Morgan fingerprint density at radius 3 is 1.47 bits per heavy atom. The maximum Gasteiger partial charge on any atom is 0.330 e. The number of rotatable bonds is 25. The van der Waals surface area contributed by atoms with Crippen LogP contribution in [0.3, 0.4) is 0 Å². The second-order valence-corrected chi connectivity index (χ2v) is 11.7. The molecule has 0 saturated heterocycles. The van der Waals surface area contributed by atoms with Crippen molar-refractivity contribution in [2.24, 2.45) is 0 Å². The summed E-state index contributed by atoms with van der Waals surface area (Å²) in [4.78, 5) is 23.6. The number of carbonyl (C=O) groups is 2. The van der Waals surface area contributed by atoms with E-state index in [2.05, 4.69) is 6.92 Å². The summed E-state index contributed by atoms with van der Waals surface area (Å²) >= 11 is 0. The van der Waals surface area contributed by atoms with Crippen LogP contribution in [0, 0.1) is 0 Å². The molecule has 1 atom stereocenters. The Hall–Kier alpha value is -1.41. The van der Waals surface area contributed by atoms with Crippen LogP contribution in [-0.2, 0) is 24.4 Å². The highest BCUT2D eigenvalue weighted by molar-refractivity contribution is 7.88. The summed E-state index contributed by atoms with van der Waals surface area (Å²) < 4.78 is 36.0. The molecular weight excluding hydrogens is 480 g/mol. The van der Waals surface area contributed by atoms with Crippen molar-refractivity contribution in [1.29, 1.82) is 0 Å². The minimum Gasteiger partial charge on any atom is -0.481 e. The highest BCUT2D eigenvalue weighted by Crippen LogP contribution is 2.28. The SMILES string of the molecule is CC=CCC(CC(=O)O)(C(=O)OCCCCCCCCCCCCCCCCCCCC)S(=O)(=O)O. The minimum atomic E-state index is -4.97. The standard InChI is InChI=1S/C28H52O7S/c1-3-5-7-8-9-10-11-12-13-14-15-16-17-18-19-20-21-22-24-35-27(31)28(23-6-4-2,25-26(29)30)36(32,33)34/h4,6H,3,5,7-25H2,1-2H3,(H,29,30)(H,32,33,34). The van der Waals surface area contributed by atoms with E-state index >= 15 is 0 Å². The number of allylic oxidation sites excluding steroid dienone is 2. The molecule has 0 amide bonds. The molecular formula is C28H52O7S. The summed E-state index contributed by atoms with van der Waals surface area (Å²) in [5.74, 6) is -2.71. The van der Waals surface area contributed by atoms with Gasteiger partial charge in [0, 0.05) is 0 Å². The smallest absolute Gasteiger partial charge is 0.330 e. The van der Waals surface area contributed by atoms with Gasteiger partial charge >= 0.3 is 11.9 Å². The molecule has 0 aromatic carbocycles. The number of carbonyl (C=O) groups excluding carboxylic acids is 1. The van der Waals surface area contributed by atoms with E-state index < -0.39 is 39.6 Å². The molecule has 8 heteroatoms. The summed E-state index contributed by atoms with van der Waals surface area (Å²) in [6, 6.07) is 0. The molecule has 0 heterocycles. The van der Waals surface area contributed by atoms with E-state index in [0.717, 1.165) is 19.3 Å². The summed E-state index contributed by atoms with van der Waals surface area (Å²) in [6.07, 6.45) is 23.6. The van der Waals surface area contributed by atoms with E-state index in [1.807, 2.05) is 0 Å². The van der Waals surface area contributed by atoms with Gasteiger partial charge in [-0.2, -0.15) is 8.42 Å². The first-order valence-corrected chi connectivity index (χ1v) is 15.6. The maximum absolute atomic E-state index is 12.5. The van der Waals surface area contributed by atoms with Crippen LogP contribution in [0.5, 0.6) is 0 Å². The molecule has 0 aromatic rings. The number of unbranched alkanes of at least 4 members (excludes halogenated alkanes) is 17. The van der Waals surface area contributed by atoms with Crippen LogP contribution in [0.15, 0.2) is 12.2 Å². The highest BCUT2D eigenvalue weighted by atomic mass is 32.2. The monoisotopic (exact) mass is 532 g/mol. The molecule has 0 aromatic heterocycles. The molecule has 0 radical (unpaired) electrons. The zero-order valence-electron chi connectivity index (χ0n) is 22.8. The Morgan fingerprint density at radius 2 is 1.14 bits per heavy atom. The van der Waals surface area contributed by atoms with Crippen molar-refractivity contribution in [3.8, 4) is 0 Å². The van der Waals surface area contributed by atoms with Gasteiger partial charge in [-0.1, -0.05) is 128 Å². The molecule has 0 aliphatic rings. The molecule has 1 unspecified atom stereocenters. The second-order valence-electron chi connectivity index (χ2n) is 9.96. The lowest BCUT2D eigenvalue weighted by molar-refractivity contribution is -0.151. The number of hydrogen-bond acceptors (Lipinski definition) is 5. The number of ether oxygens (including phenoxy) is 1. The Balaban J connectivity index is 3.85. The Kier molecular flexibility index (Phi) is 20.8. The van der Waals surface area contributed by atoms with E-state index in [9.17, 15) is 22.6 Å². The largest absolute Gasteiger partial charge is 0.481 e. The molecule has 0 saturated carbocycles. The first-order chi connectivity index (χ1) is 17.2. The van der Waals surface area contributed by atoms with Gasteiger partial charge in [0.25, 0.3) is 10.1 Å². The van der Waals surface area contributed by atoms with Gasteiger partial charge in [-0.3, -0.25) is 14.1 Å². The van der Waals surface area contributed by atoms with Gasteiger partial charge in [-0.05, 0) is 19.8 Å². The lowest BCUT2D eigenvalue weighted by atomic mass is 10.00. The van der Waals surface area contributed by atoms with Crippen LogP contribution >= 0.6 is 0 Å². The van der Waals surface area contributed by atoms with Crippen molar-refractivity contribution >= 4 is 22.1 Å². The molecule has 36 heavy (non-hydrogen) atoms. The average molecular weight is 533 g/mol. The zero-order chi connectivity index (χ0) is 27.1. The van der Waals surface area contributed by atoms with Crippen molar-refractivity contribution in [3.05, 3.63) is 12.2 Å². The van der Waals surface area contributed by atoms with E-state index in [4.69, 9.17) is 9.84 Å². The van der Waals surface area contributed by atoms with E-state index in [-0.39, 0.29) is 6.61 Å². The third-order valence-corrected chi connectivity index (χ3v) is 8.18. The lowest BCUT2D eigenvalue weighted by Gasteiger charge is -2.25. The van der Waals surface area contributed by atoms with E-state index in [1.165, 1.54) is 102 Å². The predicted octanol–water partition coefficient (Wildman–Crippen LogP) is 7.64. The first-order valence-electron chi connectivity index (χ1n) is 14.2. The minimum absolute atomic E-state index is 0.00427. The van der Waals surface area contributed by atoms with Crippen LogP contribution in [0.25, 0.3) is 0 Å². The summed E-state index contributed by atoms with van der Waals surface area (Å²) in [7, 11) is -4.97. The van der Waals surface area contributed by atoms with Gasteiger partial charge in [-0.15, -0.1) is 0 Å². The quantitative estimate of drug-likeness (QED) is 0.0536. The van der Waals surface area contributed by atoms with Gasteiger partial charge in [0.1, 0.15) is 0 Å². The summed E-state index contributed by atoms with van der Waals surface area (Å²) in [5.41, 5.74) is 0. The fourth-order valence-electron chi connectivity index (χ4n) is 4.38. The van der Waals surface area contributed by atoms with Crippen molar-refractivity contribution in [2.75, 3.05) is 6.61 Å². The van der Waals surface area contributed by atoms with Crippen molar-refractivity contribution < 1.29 is 32.4 Å². The topological polar surface area (TPSA) is 118 Å². The molecule has 7 nitrogen and oxygen atoms in total. The normalized spacial score (nSPS) is 13.6. The van der Waals surface area contributed by atoms with Crippen LogP contribution in [0.2, 0.25) is 0 Å². The van der Waals surface area contributed by atoms with Crippen molar-refractivity contribution in [3.63, 3.8) is 0 Å². The van der Waals surface area contributed by atoms with Crippen LogP contribution in [0.1, 0.15) is 142 Å². The van der Waals surface area contributed by atoms with Gasteiger partial charge < -0.3 is 9.84 Å². The molecule has 0 fully saturated rings. The molecule has 0 spiro atoms. The fraction of sp³-hybridized carbons (Fsp3) is 0.857.